The van der Waals surface area contributed by atoms with E-state index in [4.69, 9.17) is 4.42 Å². The lowest BCUT2D eigenvalue weighted by atomic mass is 9.96. The van der Waals surface area contributed by atoms with Gasteiger partial charge in [0.25, 0.3) is 10.0 Å². The highest BCUT2D eigenvalue weighted by atomic mass is 32.2. The first-order chi connectivity index (χ1) is 9.95. The predicted molar refractivity (Wildman–Crippen MR) is 82.4 cm³/mol. The van der Waals surface area contributed by atoms with Gasteiger partial charge in [0.05, 0.1) is 6.54 Å². The highest BCUT2D eigenvalue weighted by Crippen LogP contribution is 2.29. The molecule has 1 N–H and O–H groups in total. The molecule has 0 amide bonds. The average molecular weight is 314 g/mol. The van der Waals surface area contributed by atoms with Crippen molar-refractivity contribution in [2.75, 3.05) is 19.6 Å². The van der Waals surface area contributed by atoms with Crippen LogP contribution in [0.1, 0.15) is 39.4 Å². The zero-order valence-electron chi connectivity index (χ0n) is 13.1. The molecule has 1 atom stereocenters. The van der Waals surface area contributed by atoms with Crippen molar-refractivity contribution in [2.45, 2.75) is 45.2 Å². The standard InChI is InChI=1S/C15H26N2O3S/c1-4-8-16-10-14-5-6-15(20-14)21(18,19)17-9-7-13(11-17)12(2)3/h5-6,12-13,16H,4,7-11H2,1-3H3. The minimum absolute atomic E-state index is 0.0696. The van der Waals surface area contributed by atoms with E-state index in [-0.39, 0.29) is 5.09 Å². The number of furan rings is 1. The number of hydrogen-bond acceptors (Lipinski definition) is 4. The van der Waals surface area contributed by atoms with Crippen LogP contribution in [-0.4, -0.2) is 32.4 Å². The Morgan fingerprint density at radius 2 is 2.19 bits per heavy atom. The Balaban J connectivity index is 2.03. The molecule has 1 aromatic rings. The summed E-state index contributed by atoms with van der Waals surface area (Å²) < 4.78 is 32.2. The molecule has 0 spiro atoms. The van der Waals surface area contributed by atoms with Crippen molar-refractivity contribution >= 4 is 10.0 Å². The van der Waals surface area contributed by atoms with E-state index in [9.17, 15) is 8.42 Å². The average Bonchev–Trinajstić information content (AvgIpc) is 3.08. The van der Waals surface area contributed by atoms with Gasteiger partial charge in [0.15, 0.2) is 0 Å². The Morgan fingerprint density at radius 3 is 2.81 bits per heavy atom. The van der Waals surface area contributed by atoms with Gasteiger partial charge < -0.3 is 9.73 Å². The molecule has 1 unspecified atom stereocenters. The van der Waals surface area contributed by atoms with E-state index in [2.05, 4.69) is 26.1 Å². The molecule has 0 bridgehead atoms. The zero-order chi connectivity index (χ0) is 15.5. The summed E-state index contributed by atoms with van der Waals surface area (Å²) in [4.78, 5) is 0. The quantitative estimate of drug-likeness (QED) is 0.785. The summed E-state index contributed by atoms with van der Waals surface area (Å²) >= 11 is 0. The van der Waals surface area contributed by atoms with Crippen LogP contribution >= 0.6 is 0 Å². The molecular formula is C15H26N2O3S. The number of nitrogens with one attached hydrogen (secondary N) is 1. The molecule has 1 saturated heterocycles. The second kappa shape index (κ2) is 6.94. The monoisotopic (exact) mass is 314 g/mol. The summed E-state index contributed by atoms with van der Waals surface area (Å²) in [6.07, 6.45) is 1.97. The lowest BCUT2D eigenvalue weighted by Crippen LogP contribution is -2.29. The lowest BCUT2D eigenvalue weighted by molar-refractivity contribution is 0.364. The molecule has 6 heteroatoms. The van der Waals surface area contributed by atoms with Crippen LogP contribution in [0.3, 0.4) is 0 Å². The molecule has 0 aromatic carbocycles. The first-order valence-electron chi connectivity index (χ1n) is 7.74. The molecule has 5 nitrogen and oxygen atoms in total. The molecule has 21 heavy (non-hydrogen) atoms. The van der Waals surface area contributed by atoms with Gasteiger partial charge in [0.2, 0.25) is 5.09 Å². The normalized spacial score (nSPS) is 20.5. The van der Waals surface area contributed by atoms with Crippen molar-refractivity contribution in [1.29, 1.82) is 0 Å². The number of rotatable bonds is 7. The summed E-state index contributed by atoms with van der Waals surface area (Å²) in [6.45, 7) is 9.03. The maximum Gasteiger partial charge on any atom is 0.276 e. The fourth-order valence-corrected chi connectivity index (χ4v) is 4.06. The largest absolute Gasteiger partial charge is 0.447 e. The van der Waals surface area contributed by atoms with Gasteiger partial charge in [0.1, 0.15) is 5.76 Å². The Kier molecular flexibility index (Phi) is 5.46. The molecule has 0 radical (unpaired) electrons. The second-order valence-corrected chi connectivity index (χ2v) is 7.92. The van der Waals surface area contributed by atoms with Gasteiger partial charge in [-0.3, -0.25) is 0 Å². The van der Waals surface area contributed by atoms with Crippen molar-refractivity contribution < 1.29 is 12.8 Å². The first kappa shape index (κ1) is 16.5. The third-order valence-corrected chi connectivity index (χ3v) is 5.83. The molecule has 2 rings (SSSR count). The number of nitrogens with zero attached hydrogens (tertiary/aromatic N) is 1. The molecule has 0 saturated carbocycles. The fourth-order valence-electron chi connectivity index (χ4n) is 2.62. The summed E-state index contributed by atoms with van der Waals surface area (Å²) in [5.41, 5.74) is 0. The van der Waals surface area contributed by atoms with Crippen molar-refractivity contribution in [3.8, 4) is 0 Å². The van der Waals surface area contributed by atoms with Crippen LogP contribution in [0, 0.1) is 11.8 Å². The molecule has 1 aromatic heterocycles. The molecule has 1 aliphatic heterocycles. The maximum atomic E-state index is 12.6. The van der Waals surface area contributed by atoms with E-state index < -0.39 is 10.0 Å². The van der Waals surface area contributed by atoms with Crippen LogP contribution in [0.2, 0.25) is 0 Å². The summed E-state index contributed by atoms with van der Waals surface area (Å²) in [6, 6.07) is 3.31. The molecule has 120 valence electrons. The zero-order valence-corrected chi connectivity index (χ0v) is 13.9. The summed E-state index contributed by atoms with van der Waals surface area (Å²) in [5, 5.41) is 3.28. The topological polar surface area (TPSA) is 62.6 Å². The predicted octanol–water partition coefficient (Wildman–Crippen LogP) is 2.45. The van der Waals surface area contributed by atoms with Crippen molar-refractivity contribution in [3.05, 3.63) is 17.9 Å². The highest BCUT2D eigenvalue weighted by molar-refractivity contribution is 7.89. The molecule has 2 heterocycles. The van der Waals surface area contributed by atoms with Crippen LogP contribution in [0.5, 0.6) is 0 Å². The van der Waals surface area contributed by atoms with Crippen LogP contribution < -0.4 is 5.32 Å². The van der Waals surface area contributed by atoms with Crippen LogP contribution in [0.15, 0.2) is 21.6 Å². The lowest BCUT2D eigenvalue weighted by Gasteiger charge is -2.16. The SMILES string of the molecule is CCCNCc1ccc(S(=O)(=O)N2CCC(C(C)C)C2)o1. The molecule has 1 fully saturated rings. The van der Waals surface area contributed by atoms with E-state index in [1.54, 1.807) is 16.4 Å². The smallest absolute Gasteiger partial charge is 0.276 e. The van der Waals surface area contributed by atoms with Gasteiger partial charge in [-0.15, -0.1) is 0 Å². The van der Waals surface area contributed by atoms with Crippen molar-refractivity contribution in [2.24, 2.45) is 11.8 Å². The molecular weight excluding hydrogens is 288 g/mol. The highest BCUT2D eigenvalue weighted by Gasteiger charge is 2.35. The minimum atomic E-state index is -3.48. The van der Waals surface area contributed by atoms with Gasteiger partial charge in [-0.1, -0.05) is 20.8 Å². The third-order valence-electron chi connectivity index (χ3n) is 4.09. The Bertz CT molecular complexity index is 551. The Hall–Kier alpha value is -0.850. The fraction of sp³-hybridized carbons (Fsp3) is 0.733. The summed E-state index contributed by atoms with van der Waals surface area (Å²) in [7, 11) is -3.48. The van der Waals surface area contributed by atoms with E-state index in [1.165, 1.54) is 0 Å². The van der Waals surface area contributed by atoms with Gasteiger partial charge in [0, 0.05) is 13.1 Å². The maximum absolute atomic E-state index is 12.6. The van der Waals surface area contributed by atoms with E-state index >= 15 is 0 Å². The van der Waals surface area contributed by atoms with Crippen LogP contribution in [-0.2, 0) is 16.6 Å². The molecule has 0 aliphatic carbocycles. The Labute approximate surface area is 127 Å². The van der Waals surface area contributed by atoms with Crippen molar-refractivity contribution in [1.82, 2.24) is 9.62 Å². The van der Waals surface area contributed by atoms with Gasteiger partial charge in [-0.2, -0.15) is 4.31 Å². The molecule has 1 aliphatic rings. The first-order valence-corrected chi connectivity index (χ1v) is 9.18. The van der Waals surface area contributed by atoms with Crippen molar-refractivity contribution in [3.63, 3.8) is 0 Å². The second-order valence-electron chi connectivity index (χ2n) is 6.05. The van der Waals surface area contributed by atoms with E-state index in [1.807, 2.05) is 0 Å². The summed E-state index contributed by atoms with van der Waals surface area (Å²) in [5.74, 6) is 1.62. The van der Waals surface area contributed by atoms with Gasteiger partial charge in [-0.25, -0.2) is 8.42 Å². The van der Waals surface area contributed by atoms with Crippen LogP contribution in [0.4, 0.5) is 0 Å². The van der Waals surface area contributed by atoms with Gasteiger partial charge in [-0.05, 0) is 43.4 Å². The minimum Gasteiger partial charge on any atom is -0.447 e. The Morgan fingerprint density at radius 1 is 1.43 bits per heavy atom. The van der Waals surface area contributed by atoms with Crippen LogP contribution in [0.25, 0.3) is 0 Å². The number of sulfonamides is 1. The number of hydrogen-bond donors (Lipinski definition) is 1. The van der Waals surface area contributed by atoms with E-state index in [0.717, 1.165) is 19.4 Å². The van der Waals surface area contributed by atoms with E-state index in [0.29, 0.717) is 37.2 Å². The van der Waals surface area contributed by atoms with Gasteiger partial charge >= 0.3 is 0 Å². The third kappa shape index (κ3) is 3.87.